The molecule has 0 amide bonds. The molecule has 20 heavy (non-hydrogen) atoms. The highest BCUT2D eigenvalue weighted by atomic mass is 32.2. The molecule has 0 bridgehead atoms. The Morgan fingerprint density at radius 1 is 0.900 bits per heavy atom. The predicted molar refractivity (Wildman–Crippen MR) is 95.8 cm³/mol. The van der Waals surface area contributed by atoms with Crippen LogP contribution in [0.25, 0.3) is 0 Å². The van der Waals surface area contributed by atoms with Gasteiger partial charge in [0, 0.05) is 23.5 Å². The lowest BCUT2D eigenvalue weighted by molar-refractivity contribution is 0.668. The lowest BCUT2D eigenvalue weighted by Crippen LogP contribution is -2.15. The van der Waals surface area contributed by atoms with E-state index in [0.29, 0.717) is 17.3 Å². The summed E-state index contributed by atoms with van der Waals surface area (Å²) in [4.78, 5) is 0. The minimum Gasteiger partial charge on any atom is -0.383 e. The largest absolute Gasteiger partial charge is 0.383 e. The van der Waals surface area contributed by atoms with Crippen LogP contribution in [0.4, 0.5) is 5.69 Å². The molecule has 1 aromatic carbocycles. The van der Waals surface area contributed by atoms with Crippen molar-refractivity contribution in [2.45, 2.75) is 64.6 Å². The van der Waals surface area contributed by atoms with Crippen LogP contribution in [0.15, 0.2) is 24.3 Å². The summed E-state index contributed by atoms with van der Waals surface area (Å²) < 4.78 is 0. The van der Waals surface area contributed by atoms with Gasteiger partial charge in [0.05, 0.1) is 0 Å². The molecule has 0 aliphatic heterocycles. The van der Waals surface area contributed by atoms with Gasteiger partial charge in [-0.15, -0.1) is 0 Å². The first-order valence-corrected chi connectivity index (χ1v) is 8.54. The summed E-state index contributed by atoms with van der Waals surface area (Å²) in [5, 5.41) is 7.12. The number of thioether (sulfide) groups is 1. The normalized spacial score (nSPS) is 10.7. The molecule has 0 saturated heterocycles. The third kappa shape index (κ3) is 11.2. The van der Waals surface area contributed by atoms with Crippen LogP contribution in [0.2, 0.25) is 0 Å². The summed E-state index contributed by atoms with van der Waals surface area (Å²) in [6.07, 6.45) is 0. The molecule has 116 valence electrons. The Morgan fingerprint density at radius 2 is 1.40 bits per heavy atom. The van der Waals surface area contributed by atoms with Crippen molar-refractivity contribution in [3.8, 4) is 0 Å². The van der Waals surface area contributed by atoms with Gasteiger partial charge in [-0.1, -0.05) is 39.8 Å². The van der Waals surface area contributed by atoms with Gasteiger partial charge in [0.1, 0.15) is 0 Å². The average molecular weight is 297 g/mol. The van der Waals surface area contributed by atoms with E-state index in [1.807, 2.05) is 18.8 Å². The molecule has 0 heterocycles. The summed E-state index contributed by atoms with van der Waals surface area (Å²) in [6.45, 7) is 13.0. The van der Waals surface area contributed by atoms with Crippen molar-refractivity contribution >= 4 is 17.4 Å². The zero-order chi connectivity index (χ0) is 15.5. The maximum absolute atomic E-state index is 3.39. The molecule has 0 radical (unpaired) electrons. The number of anilines is 1. The molecule has 0 saturated carbocycles. The van der Waals surface area contributed by atoms with Gasteiger partial charge < -0.3 is 10.6 Å². The highest BCUT2D eigenvalue weighted by Crippen LogP contribution is 2.18. The van der Waals surface area contributed by atoms with Crippen LogP contribution >= 0.6 is 11.8 Å². The van der Waals surface area contributed by atoms with Crippen LogP contribution in [0.3, 0.4) is 0 Å². The molecule has 0 fully saturated rings. The molecule has 0 aromatic heterocycles. The van der Waals surface area contributed by atoms with Gasteiger partial charge in [0.25, 0.3) is 0 Å². The van der Waals surface area contributed by atoms with E-state index in [1.165, 1.54) is 11.3 Å². The number of hydrogen-bond acceptors (Lipinski definition) is 3. The quantitative estimate of drug-likeness (QED) is 0.791. The second-order valence-electron chi connectivity index (χ2n) is 5.80. The Hall–Kier alpha value is -0.670. The summed E-state index contributed by atoms with van der Waals surface area (Å²) >= 11 is 1.98. The van der Waals surface area contributed by atoms with Crippen LogP contribution in [0, 0.1) is 0 Å². The van der Waals surface area contributed by atoms with Gasteiger partial charge in [-0.25, -0.2) is 0 Å². The Kier molecular flexibility index (Phi) is 10.7. The highest BCUT2D eigenvalue weighted by Gasteiger charge is 1.98. The number of rotatable bonds is 6. The van der Waals surface area contributed by atoms with Gasteiger partial charge in [0.15, 0.2) is 0 Å². The summed E-state index contributed by atoms with van der Waals surface area (Å²) in [7, 11) is 1.95. The Morgan fingerprint density at radius 3 is 1.75 bits per heavy atom. The third-order valence-electron chi connectivity index (χ3n) is 2.57. The molecule has 2 nitrogen and oxygen atoms in total. The molecule has 0 unspecified atom stereocenters. The van der Waals surface area contributed by atoms with Gasteiger partial charge in [-0.2, -0.15) is 11.8 Å². The monoisotopic (exact) mass is 296 g/mol. The maximum atomic E-state index is 3.39. The minimum atomic E-state index is 0.501. The second-order valence-corrected chi connectivity index (χ2v) is 7.36. The van der Waals surface area contributed by atoms with Gasteiger partial charge in [0.2, 0.25) is 0 Å². The highest BCUT2D eigenvalue weighted by molar-refractivity contribution is 7.99. The molecule has 3 heteroatoms. The first kappa shape index (κ1) is 19.3. The van der Waals surface area contributed by atoms with Crippen molar-refractivity contribution < 1.29 is 0 Å². The topological polar surface area (TPSA) is 24.1 Å². The van der Waals surface area contributed by atoms with Crippen LogP contribution in [-0.4, -0.2) is 24.4 Å². The van der Waals surface area contributed by atoms with Crippen molar-refractivity contribution in [2.75, 3.05) is 12.4 Å². The summed E-state index contributed by atoms with van der Waals surface area (Å²) in [5.41, 5.74) is 2.62. The van der Waals surface area contributed by atoms with E-state index in [4.69, 9.17) is 0 Å². The van der Waals surface area contributed by atoms with Crippen molar-refractivity contribution in [1.29, 1.82) is 0 Å². The van der Waals surface area contributed by atoms with Gasteiger partial charge in [-0.05, 0) is 43.8 Å². The van der Waals surface area contributed by atoms with E-state index < -0.39 is 0 Å². The molecule has 1 rings (SSSR count). The SMILES string of the molecule is CC(C)Nc1ccc(CSC(C)C)cc1.CNC(C)C. The number of benzene rings is 1. The average Bonchev–Trinajstić information content (AvgIpc) is 2.38. The van der Waals surface area contributed by atoms with Gasteiger partial charge in [-0.3, -0.25) is 0 Å². The van der Waals surface area contributed by atoms with Crippen molar-refractivity contribution in [2.24, 2.45) is 0 Å². The zero-order valence-electron chi connectivity index (χ0n) is 14.2. The van der Waals surface area contributed by atoms with E-state index in [-0.39, 0.29) is 0 Å². The smallest absolute Gasteiger partial charge is 0.0342 e. The Balaban J connectivity index is 0.000000621. The van der Waals surface area contributed by atoms with E-state index in [1.54, 1.807) is 0 Å². The first-order valence-electron chi connectivity index (χ1n) is 7.49. The van der Waals surface area contributed by atoms with E-state index in [9.17, 15) is 0 Å². The fourth-order valence-electron chi connectivity index (χ4n) is 1.29. The molecular formula is C17H32N2S. The van der Waals surface area contributed by atoms with Crippen molar-refractivity contribution in [3.63, 3.8) is 0 Å². The predicted octanol–water partition coefficient (Wildman–Crippen LogP) is 4.76. The second kappa shape index (κ2) is 11.0. The van der Waals surface area contributed by atoms with E-state index in [2.05, 4.69) is 76.4 Å². The van der Waals surface area contributed by atoms with Crippen LogP contribution in [0.1, 0.15) is 47.1 Å². The fourth-order valence-corrected chi connectivity index (χ4v) is 2.01. The van der Waals surface area contributed by atoms with Crippen LogP contribution in [0.5, 0.6) is 0 Å². The maximum Gasteiger partial charge on any atom is 0.0342 e. The minimum absolute atomic E-state index is 0.501. The lowest BCUT2D eigenvalue weighted by atomic mass is 10.2. The first-order chi connectivity index (χ1) is 9.35. The van der Waals surface area contributed by atoms with E-state index in [0.717, 1.165) is 5.75 Å². The number of nitrogens with one attached hydrogen (secondary N) is 2. The fraction of sp³-hybridized carbons (Fsp3) is 0.647. The van der Waals surface area contributed by atoms with Crippen LogP contribution < -0.4 is 10.6 Å². The molecule has 2 N–H and O–H groups in total. The molecule has 0 aliphatic carbocycles. The zero-order valence-corrected chi connectivity index (χ0v) is 15.0. The van der Waals surface area contributed by atoms with Gasteiger partial charge >= 0.3 is 0 Å². The van der Waals surface area contributed by atoms with Crippen LogP contribution in [-0.2, 0) is 5.75 Å². The molecule has 0 spiro atoms. The third-order valence-corrected chi connectivity index (χ3v) is 3.74. The molecular weight excluding hydrogens is 264 g/mol. The Labute approximate surface area is 130 Å². The lowest BCUT2D eigenvalue weighted by Gasteiger charge is -2.10. The van der Waals surface area contributed by atoms with Crippen molar-refractivity contribution in [3.05, 3.63) is 29.8 Å². The standard InChI is InChI=1S/C13H21NS.C4H11N/c1-10(2)14-13-7-5-12(6-8-13)9-15-11(3)4;1-4(2)5-3/h5-8,10-11,14H,9H2,1-4H3;4-5H,1-3H3. The molecule has 0 aliphatic rings. The molecule has 0 atom stereocenters. The summed E-state index contributed by atoms with van der Waals surface area (Å²) in [6, 6.07) is 9.88. The Bertz CT molecular complexity index is 331. The molecule has 1 aromatic rings. The summed E-state index contributed by atoms with van der Waals surface area (Å²) in [5.74, 6) is 1.11. The van der Waals surface area contributed by atoms with E-state index >= 15 is 0 Å². The van der Waals surface area contributed by atoms with Crippen molar-refractivity contribution in [1.82, 2.24) is 5.32 Å². The number of hydrogen-bond donors (Lipinski definition) is 2.